The second kappa shape index (κ2) is 5.53. The summed E-state index contributed by atoms with van der Waals surface area (Å²) in [6.07, 6.45) is 19.4. The number of allylic oxidation sites excluding steroid dienone is 4. The van der Waals surface area contributed by atoms with E-state index in [1.165, 1.54) is 38.5 Å². The van der Waals surface area contributed by atoms with E-state index in [9.17, 15) is 0 Å². The minimum absolute atomic E-state index is 0.752. The molecule has 0 aliphatic heterocycles. The van der Waals surface area contributed by atoms with Gasteiger partial charge >= 0.3 is 0 Å². The van der Waals surface area contributed by atoms with Crippen LogP contribution < -0.4 is 0 Å². The first-order valence-electron chi connectivity index (χ1n) is 6.71. The zero-order chi connectivity index (χ0) is 10.5. The average molecular weight is 204 g/mol. The van der Waals surface area contributed by atoms with Crippen LogP contribution in [-0.4, -0.2) is 0 Å². The van der Waals surface area contributed by atoms with E-state index in [1.54, 1.807) is 0 Å². The van der Waals surface area contributed by atoms with Crippen molar-refractivity contribution in [2.45, 2.75) is 51.9 Å². The summed E-state index contributed by atoms with van der Waals surface area (Å²) in [7, 11) is 0. The molecular formula is C15H24. The summed E-state index contributed by atoms with van der Waals surface area (Å²) < 4.78 is 0. The molecule has 0 aromatic carbocycles. The minimum atomic E-state index is 0.752. The van der Waals surface area contributed by atoms with Crippen molar-refractivity contribution >= 4 is 0 Å². The molecule has 84 valence electrons. The highest BCUT2D eigenvalue weighted by atomic mass is 14.3. The molecule has 0 bridgehead atoms. The summed E-state index contributed by atoms with van der Waals surface area (Å²) in [4.78, 5) is 0. The fourth-order valence-electron chi connectivity index (χ4n) is 3.07. The van der Waals surface area contributed by atoms with E-state index >= 15 is 0 Å². The van der Waals surface area contributed by atoms with Gasteiger partial charge in [0.1, 0.15) is 0 Å². The van der Waals surface area contributed by atoms with Crippen LogP contribution in [0.5, 0.6) is 0 Å². The molecule has 2 rings (SSSR count). The molecule has 0 heterocycles. The van der Waals surface area contributed by atoms with Crippen molar-refractivity contribution in [2.75, 3.05) is 0 Å². The maximum atomic E-state index is 2.41. The predicted octanol–water partition coefficient (Wildman–Crippen LogP) is 4.73. The topological polar surface area (TPSA) is 0 Å². The van der Waals surface area contributed by atoms with Gasteiger partial charge in [0.2, 0.25) is 0 Å². The molecule has 2 aliphatic rings. The van der Waals surface area contributed by atoms with Crippen molar-refractivity contribution < 1.29 is 0 Å². The van der Waals surface area contributed by atoms with E-state index in [1.807, 2.05) is 0 Å². The van der Waals surface area contributed by atoms with E-state index in [4.69, 9.17) is 0 Å². The monoisotopic (exact) mass is 204 g/mol. The average Bonchev–Trinajstić information content (AvgIpc) is 2.31. The molecule has 0 heteroatoms. The van der Waals surface area contributed by atoms with Crippen molar-refractivity contribution in [3.05, 3.63) is 24.3 Å². The van der Waals surface area contributed by atoms with E-state index in [0.29, 0.717) is 0 Å². The minimum Gasteiger partial charge on any atom is -0.0842 e. The summed E-state index contributed by atoms with van der Waals surface area (Å²) in [5.74, 6) is 2.80. The first-order chi connectivity index (χ1) is 7.38. The fourth-order valence-corrected chi connectivity index (χ4v) is 3.07. The standard InChI is InChI=1S/C15H24/c1-2-13-8-10-15(11-9-13)12-14-6-4-3-5-7-14/h4-7,13-15H,2-3,8-12H2,1H3. The van der Waals surface area contributed by atoms with E-state index in [0.717, 1.165) is 24.2 Å². The Morgan fingerprint density at radius 3 is 2.13 bits per heavy atom. The number of rotatable bonds is 3. The van der Waals surface area contributed by atoms with Crippen molar-refractivity contribution in [2.24, 2.45) is 17.8 Å². The molecule has 0 aromatic heterocycles. The third-order valence-corrected chi connectivity index (χ3v) is 4.19. The Hall–Kier alpha value is -0.520. The van der Waals surface area contributed by atoms with Crippen LogP contribution in [0.4, 0.5) is 0 Å². The van der Waals surface area contributed by atoms with Gasteiger partial charge in [0, 0.05) is 0 Å². The third-order valence-electron chi connectivity index (χ3n) is 4.19. The molecule has 0 saturated heterocycles. The number of hydrogen-bond donors (Lipinski definition) is 0. The van der Waals surface area contributed by atoms with Gasteiger partial charge in [-0.15, -0.1) is 0 Å². The molecular weight excluding hydrogens is 180 g/mol. The summed E-state index contributed by atoms with van der Waals surface area (Å²) >= 11 is 0. The van der Waals surface area contributed by atoms with Gasteiger partial charge in [-0.3, -0.25) is 0 Å². The maximum absolute atomic E-state index is 2.41. The van der Waals surface area contributed by atoms with Crippen molar-refractivity contribution in [3.8, 4) is 0 Å². The van der Waals surface area contributed by atoms with Gasteiger partial charge in [-0.2, -0.15) is 0 Å². The molecule has 1 saturated carbocycles. The predicted molar refractivity (Wildman–Crippen MR) is 66.7 cm³/mol. The lowest BCUT2D eigenvalue weighted by Crippen LogP contribution is -2.16. The Labute approximate surface area is 94.5 Å². The van der Waals surface area contributed by atoms with Crippen molar-refractivity contribution in [1.82, 2.24) is 0 Å². The van der Waals surface area contributed by atoms with Crippen LogP contribution >= 0.6 is 0 Å². The van der Waals surface area contributed by atoms with Crippen LogP contribution in [0.25, 0.3) is 0 Å². The summed E-state index contributed by atoms with van der Waals surface area (Å²) in [5.41, 5.74) is 0. The van der Waals surface area contributed by atoms with Gasteiger partial charge in [-0.25, -0.2) is 0 Å². The molecule has 0 amide bonds. The zero-order valence-electron chi connectivity index (χ0n) is 9.99. The second-order valence-electron chi connectivity index (χ2n) is 5.29. The Kier molecular flexibility index (Phi) is 4.05. The molecule has 0 aromatic rings. The highest BCUT2D eigenvalue weighted by Crippen LogP contribution is 2.34. The van der Waals surface area contributed by atoms with E-state index < -0.39 is 0 Å². The number of hydrogen-bond acceptors (Lipinski definition) is 0. The van der Waals surface area contributed by atoms with E-state index in [2.05, 4.69) is 31.2 Å². The van der Waals surface area contributed by atoms with Gasteiger partial charge in [0.15, 0.2) is 0 Å². The van der Waals surface area contributed by atoms with Crippen molar-refractivity contribution in [1.29, 1.82) is 0 Å². The second-order valence-corrected chi connectivity index (χ2v) is 5.29. The Morgan fingerprint density at radius 1 is 0.933 bits per heavy atom. The van der Waals surface area contributed by atoms with Gasteiger partial charge < -0.3 is 0 Å². The van der Waals surface area contributed by atoms with Gasteiger partial charge in [0.05, 0.1) is 0 Å². The van der Waals surface area contributed by atoms with Crippen LogP contribution in [0.2, 0.25) is 0 Å². The van der Waals surface area contributed by atoms with Crippen LogP contribution in [0.1, 0.15) is 51.9 Å². The zero-order valence-corrected chi connectivity index (χ0v) is 9.99. The van der Waals surface area contributed by atoms with Crippen molar-refractivity contribution in [3.63, 3.8) is 0 Å². The van der Waals surface area contributed by atoms with Gasteiger partial charge in [-0.1, -0.05) is 63.3 Å². The van der Waals surface area contributed by atoms with Crippen LogP contribution in [0, 0.1) is 17.8 Å². The molecule has 0 atom stereocenters. The molecule has 0 nitrogen and oxygen atoms in total. The fraction of sp³-hybridized carbons (Fsp3) is 0.733. The Balaban J connectivity index is 1.74. The normalized spacial score (nSPS) is 32.1. The molecule has 0 radical (unpaired) electrons. The summed E-state index contributed by atoms with van der Waals surface area (Å²) in [5, 5.41) is 0. The van der Waals surface area contributed by atoms with E-state index in [-0.39, 0.29) is 0 Å². The molecule has 1 fully saturated rings. The summed E-state index contributed by atoms with van der Waals surface area (Å²) in [6.45, 7) is 2.34. The molecule has 0 spiro atoms. The smallest absolute Gasteiger partial charge is 0.00506 e. The van der Waals surface area contributed by atoms with Gasteiger partial charge in [-0.05, 0) is 30.6 Å². The highest BCUT2D eigenvalue weighted by molar-refractivity contribution is 5.09. The van der Waals surface area contributed by atoms with Gasteiger partial charge in [0.25, 0.3) is 0 Å². The molecule has 0 unspecified atom stereocenters. The summed E-state index contributed by atoms with van der Waals surface area (Å²) in [6, 6.07) is 0. The first kappa shape index (κ1) is 11.0. The first-order valence-corrected chi connectivity index (χ1v) is 6.71. The Bertz CT molecular complexity index is 216. The lowest BCUT2D eigenvalue weighted by Gasteiger charge is -2.29. The third kappa shape index (κ3) is 3.22. The Morgan fingerprint density at radius 2 is 1.53 bits per heavy atom. The maximum Gasteiger partial charge on any atom is -0.00506 e. The lowest BCUT2D eigenvalue weighted by molar-refractivity contribution is 0.250. The van der Waals surface area contributed by atoms with Crippen LogP contribution in [0.15, 0.2) is 24.3 Å². The van der Waals surface area contributed by atoms with Crippen LogP contribution in [0.3, 0.4) is 0 Å². The molecule has 15 heavy (non-hydrogen) atoms. The lowest BCUT2D eigenvalue weighted by atomic mass is 9.77. The SMILES string of the molecule is CCC1CCC(CC2C=CCC=C2)CC1. The highest BCUT2D eigenvalue weighted by Gasteiger charge is 2.21. The largest absolute Gasteiger partial charge is 0.0842 e. The molecule has 2 aliphatic carbocycles. The molecule has 0 N–H and O–H groups in total. The quantitative estimate of drug-likeness (QED) is 0.583. The van der Waals surface area contributed by atoms with Crippen LogP contribution in [-0.2, 0) is 0 Å².